The summed E-state index contributed by atoms with van der Waals surface area (Å²) < 4.78 is 30.1. The Bertz CT molecular complexity index is 932. The van der Waals surface area contributed by atoms with E-state index in [0.717, 1.165) is 17.7 Å². The van der Waals surface area contributed by atoms with Gasteiger partial charge in [0, 0.05) is 31.8 Å². The Morgan fingerprint density at radius 3 is 2.53 bits per heavy atom. The summed E-state index contributed by atoms with van der Waals surface area (Å²) in [5.41, 5.74) is 2.37. The summed E-state index contributed by atoms with van der Waals surface area (Å²) >= 11 is 0. The smallest absolute Gasteiger partial charge is 0.165 e. The molecule has 7 heteroatoms. The van der Waals surface area contributed by atoms with Crippen LogP contribution in [0, 0.1) is 35.1 Å². The topological polar surface area (TPSA) is 66.8 Å². The highest BCUT2D eigenvalue weighted by Crippen LogP contribution is 2.23. The fourth-order valence-electron chi connectivity index (χ4n) is 3.20. The molecule has 0 radical (unpaired) electrons. The number of ether oxygens (including phenoxy) is 3. The Balaban J connectivity index is 2.13. The summed E-state index contributed by atoms with van der Waals surface area (Å²) in [6.45, 7) is 2.78. The summed E-state index contributed by atoms with van der Waals surface area (Å²) in [6, 6.07) is 14.5. The molecule has 32 heavy (non-hydrogen) atoms. The second-order valence-corrected chi connectivity index (χ2v) is 7.28. The first-order valence-corrected chi connectivity index (χ1v) is 10.4. The van der Waals surface area contributed by atoms with Gasteiger partial charge >= 0.3 is 0 Å². The van der Waals surface area contributed by atoms with Gasteiger partial charge in [-0.2, -0.15) is 5.26 Å². The number of hydrogen-bond donors (Lipinski definition) is 1. The number of halogens is 1. The molecule has 0 aromatic heterocycles. The lowest BCUT2D eigenvalue weighted by Gasteiger charge is -2.27. The molecule has 2 rings (SSSR count). The van der Waals surface area contributed by atoms with E-state index in [-0.39, 0.29) is 11.7 Å². The van der Waals surface area contributed by atoms with Crippen LogP contribution in [-0.4, -0.2) is 47.6 Å². The Hall–Kier alpha value is -3.26. The molecule has 2 aromatic rings. The van der Waals surface area contributed by atoms with Crippen LogP contribution in [0.1, 0.15) is 17.5 Å². The molecule has 0 spiro atoms. The molecule has 0 aliphatic carbocycles. The number of benzene rings is 2. The van der Waals surface area contributed by atoms with Gasteiger partial charge in [0.15, 0.2) is 11.6 Å². The first-order valence-electron chi connectivity index (χ1n) is 10.4. The molecular weight excluding hydrogens is 409 g/mol. The van der Waals surface area contributed by atoms with Crippen LogP contribution in [0.3, 0.4) is 0 Å². The maximum atomic E-state index is 14.2. The van der Waals surface area contributed by atoms with E-state index in [1.54, 1.807) is 25.3 Å². The zero-order valence-corrected chi connectivity index (χ0v) is 18.9. The van der Waals surface area contributed by atoms with Crippen molar-refractivity contribution in [3.63, 3.8) is 0 Å². The van der Waals surface area contributed by atoms with E-state index in [1.807, 2.05) is 25.2 Å². The Morgan fingerprint density at radius 2 is 1.91 bits per heavy atom. The summed E-state index contributed by atoms with van der Waals surface area (Å²) in [4.78, 5) is 2.15. The third-order valence-corrected chi connectivity index (χ3v) is 4.89. The van der Waals surface area contributed by atoms with Crippen LogP contribution in [0.25, 0.3) is 0 Å². The first-order chi connectivity index (χ1) is 15.6. The van der Waals surface area contributed by atoms with Gasteiger partial charge in [0.2, 0.25) is 0 Å². The molecule has 0 saturated carbocycles. The van der Waals surface area contributed by atoms with Crippen LogP contribution in [0.5, 0.6) is 5.75 Å². The van der Waals surface area contributed by atoms with Gasteiger partial charge in [0.25, 0.3) is 0 Å². The lowest BCUT2D eigenvalue weighted by Crippen LogP contribution is -2.28. The van der Waals surface area contributed by atoms with Crippen LogP contribution in [-0.2, 0) is 16.0 Å². The van der Waals surface area contributed by atoms with Crippen molar-refractivity contribution in [2.75, 3.05) is 52.5 Å². The SMILES string of the molecule is CNCC#COC[C@H](CCN(Cc1ccc(OC)c(F)c1)c1ccc(C#N)cc1)COC. The number of hydrogen-bond acceptors (Lipinski definition) is 6. The Morgan fingerprint density at radius 1 is 1.12 bits per heavy atom. The van der Waals surface area contributed by atoms with Gasteiger partial charge in [0.05, 0.1) is 31.9 Å². The largest absolute Gasteiger partial charge is 0.494 e. The lowest BCUT2D eigenvalue weighted by molar-refractivity contribution is 0.104. The van der Waals surface area contributed by atoms with E-state index in [2.05, 4.69) is 28.3 Å². The zero-order chi connectivity index (χ0) is 23.2. The minimum atomic E-state index is -0.393. The minimum absolute atomic E-state index is 0.150. The third kappa shape index (κ3) is 8.11. The highest BCUT2D eigenvalue weighted by atomic mass is 19.1. The number of rotatable bonds is 12. The van der Waals surface area contributed by atoms with Crippen LogP contribution >= 0.6 is 0 Å². The van der Waals surface area contributed by atoms with Crippen molar-refractivity contribution in [1.29, 1.82) is 5.26 Å². The average Bonchev–Trinajstić information content (AvgIpc) is 2.81. The predicted molar refractivity (Wildman–Crippen MR) is 123 cm³/mol. The molecule has 0 aliphatic heterocycles. The lowest BCUT2D eigenvalue weighted by atomic mass is 10.1. The standard InChI is InChI=1S/C25H30FN3O3/c1-28-12-4-14-32-19-22(18-30-2)11-13-29(23-8-5-20(16-27)6-9-23)17-21-7-10-25(31-3)24(26)15-21/h5-10,15,22,28H,11-13,17-19H2,1-3H3/t22-/m1/s1. The molecule has 0 aliphatic rings. The van der Waals surface area contributed by atoms with E-state index < -0.39 is 5.82 Å². The summed E-state index contributed by atoms with van der Waals surface area (Å²) in [5.74, 6) is 2.85. The quantitative estimate of drug-likeness (QED) is 0.510. The van der Waals surface area contributed by atoms with Crippen LogP contribution in [0.2, 0.25) is 0 Å². The Labute approximate surface area is 189 Å². The van der Waals surface area contributed by atoms with Gasteiger partial charge < -0.3 is 24.4 Å². The van der Waals surface area contributed by atoms with E-state index in [9.17, 15) is 4.39 Å². The number of nitrogens with zero attached hydrogens (tertiary/aromatic N) is 2. The average molecular weight is 440 g/mol. The van der Waals surface area contributed by atoms with Gasteiger partial charge in [-0.05, 0) is 61.4 Å². The van der Waals surface area contributed by atoms with E-state index in [0.29, 0.717) is 38.4 Å². The Kier molecular flexibility index (Phi) is 10.9. The third-order valence-electron chi connectivity index (χ3n) is 4.89. The zero-order valence-electron chi connectivity index (χ0n) is 18.9. The van der Waals surface area contributed by atoms with Gasteiger partial charge in [-0.15, -0.1) is 0 Å². The van der Waals surface area contributed by atoms with Crippen molar-refractivity contribution in [1.82, 2.24) is 5.32 Å². The minimum Gasteiger partial charge on any atom is -0.494 e. The predicted octanol–water partition coefficient (Wildman–Crippen LogP) is 3.56. The van der Waals surface area contributed by atoms with Crippen LogP contribution in [0.4, 0.5) is 10.1 Å². The molecule has 0 amide bonds. The molecule has 1 N–H and O–H groups in total. The van der Waals surface area contributed by atoms with Crippen LogP contribution in [0.15, 0.2) is 42.5 Å². The summed E-state index contributed by atoms with van der Waals surface area (Å²) in [7, 11) is 4.94. The van der Waals surface area contributed by atoms with E-state index in [4.69, 9.17) is 19.5 Å². The molecule has 0 saturated heterocycles. The van der Waals surface area contributed by atoms with Crippen molar-refractivity contribution < 1.29 is 18.6 Å². The summed E-state index contributed by atoms with van der Waals surface area (Å²) in [5, 5.41) is 12.0. The normalized spacial score (nSPS) is 11.1. The van der Waals surface area contributed by atoms with Crippen LogP contribution < -0.4 is 15.0 Å². The number of methoxy groups -OCH3 is 2. The highest BCUT2D eigenvalue weighted by molar-refractivity contribution is 5.50. The number of nitrogens with one attached hydrogen (secondary N) is 1. The molecule has 2 aromatic carbocycles. The molecule has 6 nitrogen and oxygen atoms in total. The van der Waals surface area contributed by atoms with Crippen molar-refractivity contribution in [3.8, 4) is 23.8 Å². The molecule has 0 unspecified atom stereocenters. The maximum absolute atomic E-state index is 14.2. The number of anilines is 1. The second kappa shape index (κ2) is 13.9. The van der Waals surface area contributed by atoms with E-state index in [1.165, 1.54) is 13.2 Å². The molecule has 0 fully saturated rings. The number of nitriles is 1. The van der Waals surface area contributed by atoms with E-state index >= 15 is 0 Å². The second-order valence-electron chi connectivity index (χ2n) is 7.28. The fraction of sp³-hybridized carbons (Fsp3) is 0.400. The fourth-order valence-corrected chi connectivity index (χ4v) is 3.20. The molecular formula is C25H30FN3O3. The van der Waals surface area contributed by atoms with Crippen molar-refractivity contribution in [2.45, 2.75) is 13.0 Å². The molecule has 0 heterocycles. The monoisotopic (exact) mass is 439 g/mol. The van der Waals surface area contributed by atoms with Crippen molar-refractivity contribution >= 4 is 5.69 Å². The first kappa shape index (κ1) is 25.0. The van der Waals surface area contributed by atoms with Gasteiger partial charge in [0.1, 0.15) is 12.7 Å². The van der Waals surface area contributed by atoms with Gasteiger partial charge in [-0.25, -0.2) is 4.39 Å². The van der Waals surface area contributed by atoms with Gasteiger partial charge in [-0.3, -0.25) is 0 Å². The van der Waals surface area contributed by atoms with Gasteiger partial charge in [-0.1, -0.05) is 6.07 Å². The molecule has 0 bridgehead atoms. The molecule has 1 atom stereocenters. The highest BCUT2D eigenvalue weighted by Gasteiger charge is 2.15. The maximum Gasteiger partial charge on any atom is 0.165 e. The summed E-state index contributed by atoms with van der Waals surface area (Å²) in [6.07, 6.45) is 3.49. The van der Waals surface area contributed by atoms with Crippen molar-refractivity contribution in [3.05, 3.63) is 59.4 Å². The molecule has 170 valence electrons. The van der Waals surface area contributed by atoms with Crippen molar-refractivity contribution in [2.24, 2.45) is 5.92 Å².